The minimum absolute atomic E-state index is 0.0467. The molecule has 3 aliphatic heterocycles. The van der Waals surface area contributed by atoms with Crippen LogP contribution in [0, 0.1) is 0 Å². The van der Waals surface area contributed by atoms with Crippen molar-refractivity contribution in [3.63, 3.8) is 0 Å². The standard InChI is InChI=1S/C25H21BrN6O11S2/c1-25(2,23(41)42)43-30-13(9-6-45-24(27)28-9)17(35)29-14-20(38)32-15(22(39)40)7(5-44-21(14)32)4-31-18(36)8-3-10(33)16(34)12(26)11(8)19(31)37/h3,6,14,21,33-34H,4-5H2,1-2H3,(H2,27,28)(H,29,35)(H,39,40)(H,41,42)/b30-13-/t14?,21-/m1/s1. The minimum atomic E-state index is -1.83. The van der Waals surface area contributed by atoms with E-state index in [9.17, 15) is 49.2 Å². The number of rotatable bonds is 9. The van der Waals surface area contributed by atoms with Crippen LogP contribution in [0.4, 0.5) is 5.13 Å². The second kappa shape index (κ2) is 11.3. The molecule has 2 atom stereocenters. The smallest absolute Gasteiger partial charge is 0.352 e. The Kier molecular flexibility index (Phi) is 8.00. The maximum absolute atomic E-state index is 13.3. The minimum Gasteiger partial charge on any atom is -0.504 e. The molecule has 2 aromatic rings. The molecule has 5 rings (SSSR count). The zero-order valence-electron chi connectivity index (χ0n) is 22.9. The number of halogens is 1. The van der Waals surface area contributed by atoms with Crippen molar-refractivity contribution in [2.75, 3.05) is 18.0 Å². The van der Waals surface area contributed by atoms with Crippen LogP contribution in [0.1, 0.15) is 40.3 Å². The van der Waals surface area contributed by atoms with Crippen LogP contribution in [0.25, 0.3) is 0 Å². The number of hydrogen-bond donors (Lipinski definition) is 6. The van der Waals surface area contributed by atoms with Crippen LogP contribution in [0.3, 0.4) is 0 Å². The first-order chi connectivity index (χ1) is 21.0. The van der Waals surface area contributed by atoms with Gasteiger partial charge in [-0.15, -0.1) is 23.1 Å². The molecule has 1 saturated heterocycles. The van der Waals surface area contributed by atoms with E-state index in [0.29, 0.717) is 0 Å². The lowest BCUT2D eigenvalue weighted by molar-refractivity contribution is -0.161. The number of anilines is 1. The van der Waals surface area contributed by atoms with E-state index >= 15 is 0 Å². The number of aromatic nitrogens is 1. The van der Waals surface area contributed by atoms with E-state index in [-0.39, 0.29) is 37.8 Å². The van der Waals surface area contributed by atoms with Crippen molar-refractivity contribution in [2.45, 2.75) is 30.9 Å². The Balaban J connectivity index is 1.38. The highest BCUT2D eigenvalue weighted by molar-refractivity contribution is 9.10. The largest absolute Gasteiger partial charge is 0.504 e. The van der Waals surface area contributed by atoms with Gasteiger partial charge in [0.1, 0.15) is 22.8 Å². The van der Waals surface area contributed by atoms with Crippen molar-refractivity contribution in [3.05, 3.63) is 44.0 Å². The molecule has 1 aromatic carbocycles. The number of carbonyl (C=O) groups excluding carboxylic acids is 4. The number of carboxylic acids is 2. The van der Waals surface area contributed by atoms with Crippen LogP contribution in [-0.2, 0) is 24.0 Å². The summed E-state index contributed by atoms with van der Waals surface area (Å²) in [6, 6.07) is -0.320. The number of phenols is 2. The van der Waals surface area contributed by atoms with Gasteiger partial charge in [0.2, 0.25) is 5.60 Å². The molecule has 4 heterocycles. The Hall–Kier alpha value is -4.69. The summed E-state index contributed by atoms with van der Waals surface area (Å²) in [5.41, 5.74) is 2.44. The van der Waals surface area contributed by atoms with Gasteiger partial charge in [0.05, 0.1) is 22.1 Å². The molecule has 4 amide bonds. The third kappa shape index (κ3) is 5.33. The molecule has 1 aromatic heterocycles. The molecule has 0 spiro atoms. The number of carbonyl (C=O) groups is 6. The molecular formula is C25H21BrN6O11S2. The van der Waals surface area contributed by atoms with Gasteiger partial charge in [-0.2, -0.15) is 0 Å². The quantitative estimate of drug-likeness (QED) is 0.0677. The molecule has 45 heavy (non-hydrogen) atoms. The van der Waals surface area contributed by atoms with Crippen molar-refractivity contribution < 1.29 is 54.0 Å². The number of imide groups is 1. The SMILES string of the molecule is CC(C)(O/N=C(\C(=O)NC1C(=O)N2C(C(=O)O)=C(CN3C(=O)c4cc(O)c(O)c(Br)c4C3=O)CS[C@H]12)c1csc(N)n1)C(=O)O. The molecule has 236 valence electrons. The summed E-state index contributed by atoms with van der Waals surface area (Å²) in [6.07, 6.45) is 0. The molecule has 0 radical (unpaired) electrons. The Morgan fingerprint density at radius 3 is 2.51 bits per heavy atom. The van der Waals surface area contributed by atoms with Gasteiger partial charge in [-0.1, -0.05) is 5.16 Å². The number of nitrogens with one attached hydrogen (secondary N) is 1. The monoisotopic (exact) mass is 724 g/mol. The molecule has 1 fully saturated rings. The van der Waals surface area contributed by atoms with E-state index in [1.54, 1.807) is 0 Å². The van der Waals surface area contributed by atoms with E-state index < -0.39 is 82.0 Å². The summed E-state index contributed by atoms with van der Waals surface area (Å²) < 4.78 is -0.208. The Labute approximate surface area is 268 Å². The molecule has 3 aliphatic rings. The number of thiazole rings is 1. The van der Waals surface area contributed by atoms with Gasteiger partial charge < -0.3 is 36.3 Å². The van der Waals surface area contributed by atoms with Crippen LogP contribution < -0.4 is 11.1 Å². The summed E-state index contributed by atoms with van der Waals surface area (Å²) in [7, 11) is 0. The maximum atomic E-state index is 13.3. The fourth-order valence-corrected chi connectivity index (χ4v) is 6.99. The lowest BCUT2D eigenvalue weighted by Crippen LogP contribution is -2.71. The van der Waals surface area contributed by atoms with E-state index in [2.05, 4.69) is 31.4 Å². The topological polar surface area (TPSA) is 262 Å². The van der Waals surface area contributed by atoms with Crippen molar-refractivity contribution >= 4 is 85.4 Å². The van der Waals surface area contributed by atoms with Gasteiger partial charge in [0.15, 0.2) is 22.3 Å². The highest BCUT2D eigenvalue weighted by Gasteiger charge is 2.55. The zero-order valence-corrected chi connectivity index (χ0v) is 26.1. The van der Waals surface area contributed by atoms with Gasteiger partial charge >= 0.3 is 11.9 Å². The number of β-lactam (4-membered cyclic amide) rings is 1. The van der Waals surface area contributed by atoms with Gasteiger partial charge in [-0.25, -0.2) is 14.6 Å². The fraction of sp³-hybridized carbons (Fsp3) is 0.280. The molecule has 0 aliphatic carbocycles. The first kappa shape index (κ1) is 31.7. The van der Waals surface area contributed by atoms with Gasteiger partial charge in [-0.05, 0) is 41.4 Å². The van der Waals surface area contributed by atoms with E-state index in [1.807, 2.05) is 0 Å². The van der Waals surface area contributed by atoms with Crippen LogP contribution in [-0.4, -0.2) is 106 Å². The lowest BCUT2D eigenvalue weighted by atomic mass is 10.0. The number of carboxylic acid groups (broad SMARTS) is 2. The predicted molar refractivity (Wildman–Crippen MR) is 158 cm³/mol. The van der Waals surface area contributed by atoms with Crippen LogP contribution >= 0.6 is 39.0 Å². The molecule has 0 bridgehead atoms. The van der Waals surface area contributed by atoms with E-state index in [4.69, 9.17) is 10.6 Å². The summed E-state index contributed by atoms with van der Waals surface area (Å²) >= 11 is 5.01. The summed E-state index contributed by atoms with van der Waals surface area (Å²) in [5, 5.41) is 45.9. The van der Waals surface area contributed by atoms with Crippen molar-refractivity contribution in [1.29, 1.82) is 0 Å². The lowest BCUT2D eigenvalue weighted by Gasteiger charge is -2.49. The Morgan fingerprint density at radius 1 is 1.22 bits per heavy atom. The molecule has 1 unspecified atom stereocenters. The number of phenolic OH excluding ortho intramolecular Hbond substituents is 2. The molecule has 7 N–H and O–H groups in total. The first-order valence-corrected chi connectivity index (χ1v) is 15.3. The van der Waals surface area contributed by atoms with Crippen molar-refractivity contribution in [2.24, 2.45) is 5.16 Å². The third-order valence-electron chi connectivity index (χ3n) is 6.90. The highest BCUT2D eigenvalue weighted by Crippen LogP contribution is 2.44. The van der Waals surface area contributed by atoms with Crippen LogP contribution in [0.2, 0.25) is 0 Å². The number of fused-ring (bicyclic) bond motifs is 2. The predicted octanol–water partition coefficient (Wildman–Crippen LogP) is 0.518. The zero-order chi connectivity index (χ0) is 33.1. The third-order valence-corrected chi connectivity index (χ3v) is 9.69. The summed E-state index contributed by atoms with van der Waals surface area (Å²) in [5.74, 6) is -7.76. The Bertz CT molecular complexity index is 1790. The highest BCUT2D eigenvalue weighted by atomic mass is 79.9. The number of amides is 4. The van der Waals surface area contributed by atoms with Crippen LogP contribution in [0.5, 0.6) is 11.5 Å². The van der Waals surface area contributed by atoms with Gasteiger partial charge in [-0.3, -0.25) is 29.0 Å². The number of hydrogen-bond acceptors (Lipinski definition) is 14. The van der Waals surface area contributed by atoms with Crippen LogP contribution in [0.15, 0.2) is 32.3 Å². The number of nitrogens with two attached hydrogens (primary N) is 1. The second-order valence-corrected chi connectivity index (χ2v) is 13.0. The average molecular weight is 726 g/mol. The number of aromatic hydroxyl groups is 2. The average Bonchev–Trinajstić information content (AvgIpc) is 3.50. The maximum Gasteiger partial charge on any atom is 0.352 e. The number of thioether (sulfide) groups is 1. The summed E-state index contributed by atoms with van der Waals surface area (Å²) in [6.45, 7) is 1.88. The number of oxime groups is 1. The molecular weight excluding hydrogens is 704 g/mol. The number of aliphatic carboxylic acids is 2. The second-order valence-electron chi connectivity index (χ2n) is 10.2. The van der Waals surface area contributed by atoms with E-state index in [0.717, 1.165) is 39.0 Å². The number of benzene rings is 1. The van der Waals surface area contributed by atoms with Crippen molar-refractivity contribution in [3.8, 4) is 11.5 Å². The molecule has 0 saturated carbocycles. The number of nitrogens with zero attached hydrogens (tertiary/aromatic N) is 4. The van der Waals surface area contributed by atoms with Crippen molar-refractivity contribution in [1.82, 2.24) is 20.1 Å². The molecule has 17 nitrogen and oxygen atoms in total. The Morgan fingerprint density at radius 2 is 1.91 bits per heavy atom. The normalized spacial score (nSPS) is 19.7. The van der Waals surface area contributed by atoms with Gasteiger partial charge in [0.25, 0.3) is 23.6 Å². The van der Waals surface area contributed by atoms with E-state index in [1.165, 1.54) is 19.2 Å². The fourth-order valence-electron chi connectivity index (χ4n) is 4.53. The molecule has 20 heteroatoms. The van der Waals surface area contributed by atoms with Gasteiger partial charge in [0, 0.05) is 11.1 Å². The first-order valence-electron chi connectivity index (χ1n) is 12.6. The summed E-state index contributed by atoms with van der Waals surface area (Å²) in [4.78, 5) is 87.1. The number of nitrogen functional groups attached to an aromatic ring is 1.